The maximum Gasteiger partial charge on any atom is 0.523 e. The first kappa shape index (κ1) is 23.4. The van der Waals surface area contributed by atoms with Gasteiger partial charge in [-0.2, -0.15) is 21.6 Å². The number of rotatable bonds is 5. The van der Waals surface area contributed by atoms with Gasteiger partial charge in [-0.1, -0.05) is 0 Å². The molecule has 0 aromatic carbocycles. The van der Waals surface area contributed by atoms with Gasteiger partial charge in [0.15, 0.2) is 0 Å². The van der Waals surface area contributed by atoms with Gasteiger partial charge in [-0.3, -0.25) is 4.18 Å². The molecule has 1 rings (SSSR count). The van der Waals surface area contributed by atoms with Crippen LogP contribution in [0.3, 0.4) is 0 Å². The molecule has 1 amide bonds. The normalized spacial score (nSPS) is 26.5. The van der Waals surface area contributed by atoms with Crippen molar-refractivity contribution in [2.45, 2.75) is 69.5 Å². The van der Waals surface area contributed by atoms with E-state index in [9.17, 15) is 35.6 Å². The molecule has 27 heavy (non-hydrogen) atoms. The van der Waals surface area contributed by atoms with Crippen LogP contribution in [0.25, 0.3) is 0 Å². The fourth-order valence-electron chi connectivity index (χ4n) is 2.42. The smallest absolute Gasteiger partial charge is 0.464 e. The molecule has 0 spiro atoms. The minimum Gasteiger partial charge on any atom is -0.464 e. The Kier molecular flexibility index (Phi) is 6.74. The number of carbonyl (C=O) groups is 2. The van der Waals surface area contributed by atoms with E-state index >= 15 is 0 Å². The summed E-state index contributed by atoms with van der Waals surface area (Å²) < 4.78 is 87.5. The molecule has 13 heteroatoms. The average Bonchev–Trinajstić information content (AvgIpc) is 2.72. The quantitative estimate of drug-likeness (QED) is 0.313. The highest BCUT2D eigenvalue weighted by atomic mass is 32.2. The lowest BCUT2D eigenvalue weighted by Gasteiger charge is -2.29. The van der Waals surface area contributed by atoms with Gasteiger partial charge in [0, 0.05) is 12.8 Å². The molecular weight excluding hydrogens is 402 g/mol. The van der Waals surface area contributed by atoms with Crippen LogP contribution in [0.5, 0.6) is 0 Å². The fourth-order valence-corrected chi connectivity index (χ4v) is 3.04. The Morgan fingerprint density at radius 2 is 1.74 bits per heavy atom. The zero-order chi connectivity index (χ0) is 21.3. The Balaban J connectivity index is 3.09. The third-order valence-electron chi connectivity index (χ3n) is 3.44. The molecule has 3 unspecified atom stereocenters. The monoisotopic (exact) mass is 423 g/mol. The van der Waals surface area contributed by atoms with Gasteiger partial charge in [0.2, 0.25) is 0 Å². The van der Waals surface area contributed by atoms with Crippen LogP contribution in [-0.4, -0.2) is 56.0 Å². The van der Waals surface area contributed by atoms with Crippen molar-refractivity contribution in [3.05, 3.63) is 0 Å². The maximum absolute atomic E-state index is 14.2. The van der Waals surface area contributed by atoms with Crippen molar-refractivity contribution < 1.29 is 49.2 Å². The van der Waals surface area contributed by atoms with Crippen molar-refractivity contribution in [3.8, 4) is 0 Å². The lowest BCUT2D eigenvalue weighted by Crippen LogP contribution is -2.55. The number of alkyl halides is 4. The van der Waals surface area contributed by atoms with Crippen LogP contribution in [0.1, 0.15) is 40.5 Å². The van der Waals surface area contributed by atoms with Crippen LogP contribution in [0.2, 0.25) is 0 Å². The minimum atomic E-state index is -6.10. The van der Waals surface area contributed by atoms with Gasteiger partial charge in [-0.15, -0.1) is 0 Å². The van der Waals surface area contributed by atoms with E-state index in [1.165, 1.54) is 27.7 Å². The number of ether oxygens (including phenoxy) is 2. The Bertz CT molecular complexity index is 674. The first-order valence-electron chi connectivity index (χ1n) is 7.85. The fraction of sp³-hybridized carbons (Fsp3) is 0.857. The molecule has 1 aliphatic rings. The average molecular weight is 423 g/mol. The molecule has 1 saturated carbocycles. The first-order chi connectivity index (χ1) is 12.0. The molecule has 0 bridgehead atoms. The summed E-state index contributed by atoms with van der Waals surface area (Å²) in [6.45, 7) is 5.79. The van der Waals surface area contributed by atoms with Gasteiger partial charge in [-0.25, -0.2) is 14.0 Å². The Labute approximate surface area is 153 Å². The van der Waals surface area contributed by atoms with Crippen molar-refractivity contribution in [2.24, 2.45) is 0 Å². The molecule has 0 aromatic heterocycles. The van der Waals surface area contributed by atoms with Crippen molar-refractivity contribution in [1.82, 2.24) is 5.32 Å². The number of nitrogens with one attached hydrogen (secondary N) is 1. The molecule has 1 fully saturated rings. The minimum absolute atomic E-state index is 0.167. The number of carbonyl (C=O) groups excluding carboxylic acids is 2. The molecule has 0 radical (unpaired) electrons. The number of hydrogen-bond donors (Lipinski definition) is 1. The molecule has 158 valence electrons. The van der Waals surface area contributed by atoms with Crippen LogP contribution in [0, 0.1) is 0 Å². The van der Waals surface area contributed by atoms with Gasteiger partial charge in [0.25, 0.3) is 0 Å². The van der Waals surface area contributed by atoms with Crippen molar-refractivity contribution in [2.75, 3.05) is 6.61 Å². The van der Waals surface area contributed by atoms with E-state index < -0.39 is 63.9 Å². The molecule has 0 aliphatic heterocycles. The summed E-state index contributed by atoms with van der Waals surface area (Å²) in [6.07, 6.45) is -7.32. The summed E-state index contributed by atoms with van der Waals surface area (Å²) in [7, 11) is -6.10. The highest BCUT2D eigenvalue weighted by Gasteiger charge is 2.58. The number of esters is 1. The van der Waals surface area contributed by atoms with Crippen molar-refractivity contribution in [3.63, 3.8) is 0 Å². The Morgan fingerprint density at radius 1 is 1.19 bits per heavy atom. The molecular formula is C14H21F4NO7S. The topological polar surface area (TPSA) is 108 Å². The van der Waals surface area contributed by atoms with E-state index in [0.717, 1.165) is 0 Å². The van der Waals surface area contributed by atoms with Crippen molar-refractivity contribution in [1.29, 1.82) is 0 Å². The zero-order valence-electron chi connectivity index (χ0n) is 15.1. The highest BCUT2D eigenvalue weighted by Crippen LogP contribution is 2.38. The van der Waals surface area contributed by atoms with E-state index in [4.69, 9.17) is 9.47 Å². The van der Waals surface area contributed by atoms with Gasteiger partial charge < -0.3 is 14.8 Å². The van der Waals surface area contributed by atoms with Crippen molar-refractivity contribution >= 4 is 22.2 Å². The molecule has 1 aliphatic carbocycles. The zero-order valence-corrected chi connectivity index (χ0v) is 15.9. The molecule has 8 nitrogen and oxygen atoms in total. The third-order valence-corrected chi connectivity index (χ3v) is 4.50. The van der Waals surface area contributed by atoms with Gasteiger partial charge in [-0.05, 0) is 27.7 Å². The summed E-state index contributed by atoms with van der Waals surface area (Å²) in [5.41, 5.74) is -8.88. The molecule has 3 atom stereocenters. The second-order valence-electron chi connectivity index (χ2n) is 6.89. The van der Waals surface area contributed by atoms with Crippen LogP contribution in [-0.2, 0) is 28.6 Å². The van der Waals surface area contributed by atoms with E-state index in [1.807, 2.05) is 0 Å². The van der Waals surface area contributed by atoms with Gasteiger partial charge >= 0.3 is 27.7 Å². The van der Waals surface area contributed by atoms with Crippen LogP contribution < -0.4 is 5.32 Å². The number of amides is 1. The van der Waals surface area contributed by atoms with Gasteiger partial charge in [0.05, 0.1) is 6.61 Å². The Morgan fingerprint density at radius 3 is 2.19 bits per heavy atom. The summed E-state index contributed by atoms with van der Waals surface area (Å²) in [5.74, 6) is -1.14. The SMILES string of the molecule is CCOC(=O)C1(NC(=O)OC(C)(C)C)CC(F)C(OS(=O)(=O)C(F)(F)F)C1. The third kappa shape index (κ3) is 5.92. The van der Waals surface area contributed by atoms with Gasteiger partial charge in [0.1, 0.15) is 23.4 Å². The number of halogens is 4. The van der Waals surface area contributed by atoms with E-state index in [0.29, 0.717) is 0 Å². The Hall–Kier alpha value is -1.63. The van der Waals surface area contributed by atoms with E-state index in [1.54, 1.807) is 0 Å². The lowest BCUT2D eigenvalue weighted by molar-refractivity contribution is -0.151. The number of hydrogen-bond acceptors (Lipinski definition) is 7. The molecule has 1 N–H and O–H groups in total. The van der Waals surface area contributed by atoms with Crippen LogP contribution in [0.4, 0.5) is 22.4 Å². The molecule has 0 heterocycles. The molecule has 0 saturated heterocycles. The summed E-state index contributed by atoms with van der Waals surface area (Å²) in [6, 6.07) is 0. The second-order valence-corrected chi connectivity index (χ2v) is 8.45. The molecule has 0 aromatic rings. The summed E-state index contributed by atoms with van der Waals surface area (Å²) in [4.78, 5) is 24.2. The number of alkyl carbamates (subject to hydrolysis) is 1. The summed E-state index contributed by atoms with van der Waals surface area (Å²) in [5, 5.41) is 2.09. The lowest BCUT2D eigenvalue weighted by atomic mass is 9.97. The first-order valence-corrected chi connectivity index (χ1v) is 9.26. The van der Waals surface area contributed by atoms with E-state index in [2.05, 4.69) is 9.50 Å². The largest absolute Gasteiger partial charge is 0.523 e. The second kappa shape index (κ2) is 7.78. The van der Waals surface area contributed by atoms with Crippen LogP contribution in [0.15, 0.2) is 0 Å². The predicted octanol–water partition coefficient (Wildman–Crippen LogP) is 2.18. The van der Waals surface area contributed by atoms with E-state index in [-0.39, 0.29) is 6.61 Å². The standard InChI is InChI=1S/C14H21F4NO7S/c1-5-24-10(20)13(19-11(21)25-12(2,3)4)6-8(15)9(7-13)26-27(22,23)14(16,17)18/h8-9H,5-7H2,1-4H3,(H,19,21). The summed E-state index contributed by atoms with van der Waals surface area (Å²) >= 11 is 0. The predicted molar refractivity (Wildman–Crippen MR) is 82.7 cm³/mol. The maximum atomic E-state index is 14.2. The van der Waals surface area contributed by atoms with Crippen LogP contribution >= 0.6 is 0 Å². The highest BCUT2D eigenvalue weighted by molar-refractivity contribution is 7.87.